The number of benzene rings is 3. The second-order valence-corrected chi connectivity index (χ2v) is 5.47. The molecular formula is C22H17NO. The summed E-state index contributed by atoms with van der Waals surface area (Å²) in [4.78, 5) is 12.9. The van der Waals surface area contributed by atoms with E-state index in [9.17, 15) is 4.79 Å². The Labute approximate surface area is 142 Å². The molecule has 116 valence electrons. The molecule has 0 radical (unpaired) electrons. The minimum Gasteiger partial charge on any atom is -0.325 e. The largest absolute Gasteiger partial charge is 0.325 e. The minimum absolute atomic E-state index is 0.0687. The van der Waals surface area contributed by atoms with Gasteiger partial charge in [-0.25, -0.2) is 0 Å². The summed E-state index contributed by atoms with van der Waals surface area (Å²) in [6, 6.07) is 26.8. The van der Waals surface area contributed by atoms with E-state index in [1.165, 1.54) is 0 Å². The van der Waals surface area contributed by atoms with E-state index in [-0.39, 0.29) is 11.8 Å². The van der Waals surface area contributed by atoms with Gasteiger partial charge in [-0.15, -0.1) is 6.42 Å². The minimum atomic E-state index is -0.361. The lowest BCUT2D eigenvalue weighted by Gasteiger charge is -2.18. The lowest BCUT2D eigenvalue weighted by atomic mass is 9.90. The summed E-state index contributed by atoms with van der Waals surface area (Å²) in [7, 11) is 0. The van der Waals surface area contributed by atoms with Gasteiger partial charge in [-0.2, -0.15) is 0 Å². The molecule has 3 aromatic rings. The first-order valence-corrected chi connectivity index (χ1v) is 7.75. The van der Waals surface area contributed by atoms with Crippen molar-refractivity contribution >= 4 is 11.6 Å². The van der Waals surface area contributed by atoms with Gasteiger partial charge >= 0.3 is 0 Å². The van der Waals surface area contributed by atoms with E-state index < -0.39 is 0 Å². The molecule has 0 atom stereocenters. The fourth-order valence-electron chi connectivity index (χ4n) is 2.65. The van der Waals surface area contributed by atoms with Crippen molar-refractivity contribution in [3.05, 3.63) is 102 Å². The Morgan fingerprint density at radius 1 is 0.792 bits per heavy atom. The third-order valence-corrected chi connectivity index (χ3v) is 3.85. The molecule has 0 saturated heterocycles. The van der Waals surface area contributed by atoms with Gasteiger partial charge in [0, 0.05) is 11.3 Å². The molecule has 0 aliphatic rings. The standard InChI is InChI=1S/C22H17NO/c1-2-17-13-15-20(16-14-17)23-22(24)21(18-9-5-3-6-10-18)19-11-7-4-8-12-19/h1,3-16,21H,(H,23,24). The summed E-state index contributed by atoms with van der Waals surface area (Å²) in [5.74, 6) is 2.14. The maximum atomic E-state index is 12.9. The Morgan fingerprint density at radius 2 is 1.29 bits per heavy atom. The van der Waals surface area contributed by atoms with Gasteiger partial charge in [-0.1, -0.05) is 66.6 Å². The Kier molecular flexibility index (Phi) is 4.74. The SMILES string of the molecule is C#Cc1ccc(NC(=O)C(c2ccccc2)c2ccccc2)cc1. The van der Waals surface area contributed by atoms with Crippen LogP contribution in [0.2, 0.25) is 0 Å². The summed E-state index contributed by atoms with van der Waals surface area (Å²) < 4.78 is 0. The van der Waals surface area contributed by atoms with E-state index in [1.807, 2.05) is 84.9 Å². The summed E-state index contributed by atoms with van der Waals surface area (Å²) in [6.07, 6.45) is 5.36. The zero-order valence-electron chi connectivity index (χ0n) is 13.1. The number of carbonyl (C=O) groups excluding carboxylic acids is 1. The molecular weight excluding hydrogens is 294 g/mol. The molecule has 0 saturated carbocycles. The quantitative estimate of drug-likeness (QED) is 0.709. The highest BCUT2D eigenvalue weighted by Gasteiger charge is 2.22. The van der Waals surface area contributed by atoms with Crippen LogP contribution in [0.4, 0.5) is 5.69 Å². The summed E-state index contributed by atoms with van der Waals surface area (Å²) >= 11 is 0. The summed E-state index contributed by atoms with van der Waals surface area (Å²) in [5, 5.41) is 2.98. The smallest absolute Gasteiger partial charge is 0.236 e. The molecule has 1 N–H and O–H groups in total. The fraction of sp³-hybridized carbons (Fsp3) is 0.0455. The molecule has 2 heteroatoms. The third kappa shape index (κ3) is 3.53. The molecule has 0 aliphatic heterocycles. The van der Waals surface area contributed by atoms with E-state index in [0.717, 1.165) is 22.4 Å². The Hall–Kier alpha value is -3.31. The molecule has 3 aromatic carbocycles. The van der Waals surface area contributed by atoms with Crippen molar-refractivity contribution < 1.29 is 4.79 Å². The molecule has 3 rings (SSSR count). The number of anilines is 1. The first-order chi connectivity index (χ1) is 11.8. The molecule has 0 spiro atoms. The van der Waals surface area contributed by atoms with Gasteiger partial charge in [0.2, 0.25) is 5.91 Å². The van der Waals surface area contributed by atoms with E-state index in [4.69, 9.17) is 6.42 Å². The topological polar surface area (TPSA) is 29.1 Å². The molecule has 24 heavy (non-hydrogen) atoms. The Bertz CT molecular complexity index is 806. The average molecular weight is 311 g/mol. The van der Waals surface area contributed by atoms with Gasteiger partial charge in [0.1, 0.15) is 0 Å². The fourth-order valence-corrected chi connectivity index (χ4v) is 2.65. The lowest BCUT2D eigenvalue weighted by Crippen LogP contribution is -2.22. The average Bonchev–Trinajstić information content (AvgIpc) is 2.64. The maximum absolute atomic E-state index is 12.9. The highest BCUT2D eigenvalue weighted by molar-refractivity contribution is 5.98. The predicted molar refractivity (Wildman–Crippen MR) is 97.7 cm³/mol. The number of terminal acetylenes is 1. The first-order valence-electron chi connectivity index (χ1n) is 7.75. The monoisotopic (exact) mass is 311 g/mol. The second kappa shape index (κ2) is 7.30. The number of nitrogens with one attached hydrogen (secondary N) is 1. The molecule has 1 amide bonds. The van der Waals surface area contributed by atoms with Crippen molar-refractivity contribution in [1.29, 1.82) is 0 Å². The van der Waals surface area contributed by atoms with Crippen molar-refractivity contribution in [2.24, 2.45) is 0 Å². The molecule has 2 nitrogen and oxygen atoms in total. The van der Waals surface area contributed by atoms with E-state index in [0.29, 0.717) is 0 Å². The van der Waals surface area contributed by atoms with Crippen molar-refractivity contribution in [3.63, 3.8) is 0 Å². The van der Waals surface area contributed by atoms with E-state index in [1.54, 1.807) is 0 Å². The van der Waals surface area contributed by atoms with Gasteiger partial charge in [0.05, 0.1) is 5.92 Å². The third-order valence-electron chi connectivity index (χ3n) is 3.85. The van der Waals surface area contributed by atoms with E-state index in [2.05, 4.69) is 11.2 Å². The van der Waals surface area contributed by atoms with Gasteiger partial charge in [0.25, 0.3) is 0 Å². The van der Waals surface area contributed by atoms with Crippen LogP contribution in [0.25, 0.3) is 0 Å². The number of hydrogen-bond donors (Lipinski definition) is 1. The van der Waals surface area contributed by atoms with Crippen LogP contribution in [-0.4, -0.2) is 5.91 Å². The van der Waals surface area contributed by atoms with Gasteiger partial charge in [0.15, 0.2) is 0 Å². The van der Waals surface area contributed by atoms with Crippen LogP contribution in [0.5, 0.6) is 0 Å². The number of hydrogen-bond acceptors (Lipinski definition) is 1. The number of amides is 1. The van der Waals surface area contributed by atoms with Gasteiger partial charge in [-0.3, -0.25) is 4.79 Å². The zero-order valence-corrected chi connectivity index (χ0v) is 13.1. The second-order valence-electron chi connectivity index (χ2n) is 5.47. The Balaban J connectivity index is 1.90. The first kappa shape index (κ1) is 15.6. The van der Waals surface area contributed by atoms with Crippen LogP contribution in [0.15, 0.2) is 84.9 Å². The van der Waals surface area contributed by atoms with E-state index >= 15 is 0 Å². The van der Waals surface area contributed by atoms with Crippen LogP contribution in [0, 0.1) is 12.3 Å². The summed E-state index contributed by atoms with van der Waals surface area (Å²) in [6.45, 7) is 0. The Morgan fingerprint density at radius 3 is 1.75 bits per heavy atom. The van der Waals surface area contributed by atoms with Crippen LogP contribution < -0.4 is 5.32 Å². The lowest BCUT2D eigenvalue weighted by molar-refractivity contribution is -0.116. The van der Waals surface area contributed by atoms with Gasteiger partial charge in [-0.05, 0) is 35.4 Å². The van der Waals surface area contributed by atoms with Crippen LogP contribution in [0.1, 0.15) is 22.6 Å². The summed E-state index contributed by atoms with van der Waals surface area (Å²) in [5.41, 5.74) is 3.44. The van der Waals surface area contributed by atoms with Crippen molar-refractivity contribution in [1.82, 2.24) is 0 Å². The number of rotatable bonds is 4. The molecule has 0 fully saturated rings. The zero-order chi connectivity index (χ0) is 16.8. The molecule has 0 heterocycles. The van der Waals surface area contributed by atoms with Crippen molar-refractivity contribution in [2.45, 2.75) is 5.92 Å². The molecule has 0 aliphatic carbocycles. The van der Waals surface area contributed by atoms with Crippen LogP contribution in [-0.2, 0) is 4.79 Å². The predicted octanol–water partition coefficient (Wildman–Crippen LogP) is 4.44. The normalized spacial score (nSPS) is 10.2. The maximum Gasteiger partial charge on any atom is 0.236 e. The number of carbonyl (C=O) groups is 1. The van der Waals surface area contributed by atoms with Crippen molar-refractivity contribution in [3.8, 4) is 12.3 Å². The molecule has 0 bridgehead atoms. The van der Waals surface area contributed by atoms with Gasteiger partial charge < -0.3 is 5.32 Å². The highest BCUT2D eigenvalue weighted by Crippen LogP contribution is 2.26. The highest BCUT2D eigenvalue weighted by atomic mass is 16.1. The van der Waals surface area contributed by atoms with Crippen LogP contribution in [0.3, 0.4) is 0 Å². The molecule has 0 aromatic heterocycles. The van der Waals surface area contributed by atoms with Crippen molar-refractivity contribution in [2.75, 3.05) is 5.32 Å². The van der Waals surface area contributed by atoms with Crippen LogP contribution >= 0.6 is 0 Å². The molecule has 0 unspecified atom stereocenters.